The Morgan fingerprint density at radius 3 is 2.58 bits per heavy atom. The number of halogens is 2. The fourth-order valence-corrected chi connectivity index (χ4v) is 6.08. The second-order valence-electron chi connectivity index (χ2n) is 10.3. The van der Waals surface area contributed by atoms with E-state index in [1.807, 2.05) is 35.9 Å². The molecule has 0 aliphatic carbocycles. The van der Waals surface area contributed by atoms with Crippen LogP contribution in [0.2, 0.25) is 0 Å². The number of nitrogens with two attached hydrogens (primary N) is 1. The molecular formula is C28H31F2N5O3. The van der Waals surface area contributed by atoms with Crippen molar-refractivity contribution in [3.05, 3.63) is 77.4 Å². The number of ether oxygens (including phenoxy) is 1. The van der Waals surface area contributed by atoms with Crippen LogP contribution in [0.15, 0.2) is 48.9 Å². The van der Waals surface area contributed by atoms with Crippen molar-refractivity contribution in [3.8, 4) is 11.4 Å². The number of nitrogens with zero attached hydrogens (tertiary/aromatic N) is 4. The number of likely N-dealkylation sites (tertiary alicyclic amines) is 2. The van der Waals surface area contributed by atoms with Crippen LogP contribution in [0.5, 0.6) is 5.75 Å². The molecular weight excluding hydrogens is 492 g/mol. The molecule has 3 aromatic rings. The van der Waals surface area contributed by atoms with Crippen LogP contribution < -0.4 is 10.5 Å². The van der Waals surface area contributed by atoms with E-state index in [0.717, 1.165) is 23.0 Å². The van der Waals surface area contributed by atoms with Gasteiger partial charge in [0.25, 0.3) is 0 Å². The predicted molar refractivity (Wildman–Crippen MR) is 137 cm³/mol. The minimum Gasteiger partial charge on any atom is -0.495 e. The third-order valence-electron chi connectivity index (χ3n) is 7.99. The monoisotopic (exact) mass is 523 g/mol. The SMILES string of the molecule is COc1cc(C2CN(C(N)=O)CC23CCCN([C@@H](C)c2cc(F)cc(F)c2)C3=O)ccc1-n1cnc(C)c1. The Morgan fingerprint density at radius 1 is 1.21 bits per heavy atom. The van der Waals surface area contributed by atoms with Gasteiger partial charge in [-0.3, -0.25) is 4.79 Å². The summed E-state index contributed by atoms with van der Waals surface area (Å²) in [7, 11) is 1.58. The number of piperidine rings is 1. The molecule has 2 saturated heterocycles. The van der Waals surface area contributed by atoms with Gasteiger partial charge in [-0.25, -0.2) is 18.6 Å². The van der Waals surface area contributed by atoms with E-state index < -0.39 is 29.1 Å². The quantitative estimate of drug-likeness (QED) is 0.539. The van der Waals surface area contributed by atoms with Gasteiger partial charge in [0.05, 0.1) is 36.3 Å². The van der Waals surface area contributed by atoms with Crippen molar-refractivity contribution in [2.45, 2.75) is 38.6 Å². The van der Waals surface area contributed by atoms with E-state index in [4.69, 9.17) is 10.5 Å². The lowest BCUT2D eigenvalue weighted by molar-refractivity contribution is -0.149. The summed E-state index contributed by atoms with van der Waals surface area (Å²) in [6.45, 7) is 4.58. The molecule has 3 atom stereocenters. The van der Waals surface area contributed by atoms with E-state index in [-0.39, 0.29) is 24.9 Å². The molecule has 5 rings (SSSR count). The lowest BCUT2D eigenvalue weighted by Crippen LogP contribution is -2.53. The van der Waals surface area contributed by atoms with Crippen molar-refractivity contribution >= 4 is 11.9 Å². The smallest absolute Gasteiger partial charge is 0.314 e. The molecule has 0 saturated carbocycles. The van der Waals surface area contributed by atoms with E-state index in [0.29, 0.717) is 30.7 Å². The first-order valence-electron chi connectivity index (χ1n) is 12.6. The highest BCUT2D eigenvalue weighted by atomic mass is 19.1. The number of imidazole rings is 1. The first-order chi connectivity index (χ1) is 18.1. The summed E-state index contributed by atoms with van der Waals surface area (Å²) < 4.78 is 35.5. The Morgan fingerprint density at radius 2 is 1.95 bits per heavy atom. The molecule has 1 aromatic heterocycles. The number of rotatable bonds is 5. The molecule has 2 aromatic carbocycles. The van der Waals surface area contributed by atoms with E-state index in [9.17, 15) is 18.4 Å². The molecule has 0 radical (unpaired) electrons. The Labute approximate surface area is 220 Å². The van der Waals surface area contributed by atoms with Gasteiger partial charge in [0.2, 0.25) is 5.91 Å². The molecule has 2 unspecified atom stereocenters. The number of primary amides is 1. The number of aryl methyl sites for hydroxylation is 1. The molecule has 8 nitrogen and oxygen atoms in total. The van der Waals surface area contributed by atoms with E-state index in [1.165, 1.54) is 17.0 Å². The molecule has 0 bridgehead atoms. The number of hydrogen-bond acceptors (Lipinski definition) is 4. The van der Waals surface area contributed by atoms with Crippen molar-refractivity contribution in [1.29, 1.82) is 0 Å². The largest absolute Gasteiger partial charge is 0.495 e. The zero-order chi connectivity index (χ0) is 27.2. The van der Waals surface area contributed by atoms with Crippen LogP contribution in [0.1, 0.15) is 48.5 Å². The number of aromatic nitrogens is 2. The van der Waals surface area contributed by atoms with Crippen LogP contribution in [0.3, 0.4) is 0 Å². The second kappa shape index (κ2) is 9.74. The molecule has 2 aliphatic rings. The van der Waals surface area contributed by atoms with Gasteiger partial charge < -0.3 is 24.8 Å². The number of hydrogen-bond donors (Lipinski definition) is 1. The first kappa shape index (κ1) is 25.7. The summed E-state index contributed by atoms with van der Waals surface area (Å²) in [6.07, 6.45) is 4.84. The average molecular weight is 524 g/mol. The zero-order valence-electron chi connectivity index (χ0n) is 21.7. The minimum atomic E-state index is -0.925. The Balaban J connectivity index is 1.54. The lowest BCUT2D eigenvalue weighted by Gasteiger charge is -2.45. The molecule has 1 spiro atoms. The highest BCUT2D eigenvalue weighted by Crippen LogP contribution is 2.51. The van der Waals surface area contributed by atoms with Crippen LogP contribution in [-0.2, 0) is 4.79 Å². The van der Waals surface area contributed by atoms with Gasteiger partial charge in [0.15, 0.2) is 0 Å². The average Bonchev–Trinajstić information content (AvgIpc) is 3.49. The number of methoxy groups -OCH3 is 1. The second-order valence-corrected chi connectivity index (χ2v) is 10.3. The van der Waals surface area contributed by atoms with Crippen LogP contribution >= 0.6 is 0 Å². The molecule has 3 amide bonds. The van der Waals surface area contributed by atoms with Gasteiger partial charge in [0, 0.05) is 37.8 Å². The topological polar surface area (TPSA) is 93.7 Å². The zero-order valence-corrected chi connectivity index (χ0v) is 21.7. The normalized spacial score (nSPS) is 22.2. The number of carbonyl (C=O) groups is 2. The molecule has 200 valence electrons. The predicted octanol–water partition coefficient (Wildman–Crippen LogP) is 4.32. The van der Waals surface area contributed by atoms with Crippen LogP contribution in [0.25, 0.3) is 5.69 Å². The molecule has 10 heteroatoms. The minimum absolute atomic E-state index is 0.150. The third kappa shape index (κ3) is 4.37. The van der Waals surface area contributed by atoms with Crippen molar-refractivity contribution in [1.82, 2.24) is 19.4 Å². The van der Waals surface area contributed by atoms with E-state index >= 15 is 0 Å². The number of urea groups is 1. The highest BCUT2D eigenvalue weighted by Gasteiger charge is 2.56. The third-order valence-corrected chi connectivity index (χ3v) is 7.99. The van der Waals surface area contributed by atoms with E-state index in [2.05, 4.69) is 4.98 Å². The van der Waals surface area contributed by atoms with Crippen LogP contribution in [-0.4, -0.2) is 58.0 Å². The maximum Gasteiger partial charge on any atom is 0.314 e. The summed E-state index contributed by atoms with van der Waals surface area (Å²) in [5, 5.41) is 0. The molecule has 2 aliphatic heterocycles. The summed E-state index contributed by atoms with van der Waals surface area (Å²) in [6, 6.07) is 7.95. The number of carbonyl (C=O) groups excluding carboxylic acids is 2. The highest BCUT2D eigenvalue weighted by molar-refractivity contribution is 5.87. The van der Waals surface area contributed by atoms with Crippen molar-refractivity contribution < 1.29 is 23.1 Å². The lowest BCUT2D eigenvalue weighted by atomic mass is 9.68. The number of amides is 3. The summed E-state index contributed by atoms with van der Waals surface area (Å²) in [5.74, 6) is -1.26. The fraction of sp³-hybridized carbons (Fsp3) is 0.393. The maximum absolute atomic E-state index is 14.2. The van der Waals surface area contributed by atoms with Gasteiger partial charge >= 0.3 is 6.03 Å². The van der Waals surface area contributed by atoms with Crippen molar-refractivity contribution in [2.24, 2.45) is 11.1 Å². The fourth-order valence-electron chi connectivity index (χ4n) is 6.08. The van der Waals surface area contributed by atoms with Gasteiger partial charge in [-0.15, -0.1) is 0 Å². The maximum atomic E-state index is 14.2. The number of benzene rings is 2. The van der Waals surface area contributed by atoms with Gasteiger partial charge in [0.1, 0.15) is 17.4 Å². The van der Waals surface area contributed by atoms with Crippen LogP contribution in [0.4, 0.5) is 13.6 Å². The Bertz CT molecular complexity index is 1370. The van der Waals surface area contributed by atoms with Gasteiger partial charge in [-0.2, -0.15) is 0 Å². The van der Waals surface area contributed by atoms with E-state index in [1.54, 1.807) is 25.3 Å². The standard InChI is InChI=1S/C28H31F2N5O3/c1-17-13-34(16-32-17)24-6-5-19(11-25(24)38-3)23-14-33(27(31)37)15-28(23)7-4-8-35(26(28)36)18(2)20-9-21(29)12-22(30)10-20/h5-6,9-13,16,18,23H,4,7-8,14-15H2,1-3H3,(H2,31,37)/t18-,23?,28?/m0/s1. The first-order valence-corrected chi connectivity index (χ1v) is 12.6. The van der Waals surface area contributed by atoms with Crippen molar-refractivity contribution in [2.75, 3.05) is 26.7 Å². The van der Waals surface area contributed by atoms with Gasteiger partial charge in [-0.05, 0) is 62.1 Å². The van der Waals surface area contributed by atoms with Crippen molar-refractivity contribution in [3.63, 3.8) is 0 Å². The summed E-state index contributed by atoms with van der Waals surface area (Å²) in [5.41, 5.74) is 7.67. The Hall–Kier alpha value is -3.95. The Kier molecular flexibility index (Phi) is 6.58. The molecule has 2 N–H and O–H groups in total. The molecule has 2 fully saturated rings. The molecule has 38 heavy (non-hydrogen) atoms. The molecule has 3 heterocycles. The van der Waals surface area contributed by atoms with Gasteiger partial charge in [-0.1, -0.05) is 6.07 Å². The summed E-state index contributed by atoms with van der Waals surface area (Å²) in [4.78, 5) is 34.0. The van der Waals surface area contributed by atoms with Crippen LogP contribution in [0, 0.1) is 24.0 Å². The summed E-state index contributed by atoms with van der Waals surface area (Å²) >= 11 is 0.